The zero-order chi connectivity index (χ0) is 27.1. The van der Waals surface area contributed by atoms with Crippen molar-refractivity contribution in [1.82, 2.24) is 20.1 Å². The van der Waals surface area contributed by atoms with Crippen LogP contribution in [0.2, 0.25) is 0 Å². The number of carbonyl (C=O) groups is 2. The average Bonchev–Trinajstić information content (AvgIpc) is 3.38. The maximum atomic E-state index is 13.8. The van der Waals surface area contributed by atoms with Crippen LogP contribution in [0.1, 0.15) is 53.6 Å². The molecule has 1 atom stereocenters. The molecule has 1 saturated heterocycles. The van der Waals surface area contributed by atoms with Crippen LogP contribution < -0.4 is 5.32 Å². The molecular weight excluding hydrogens is 478 g/mol. The molecule has 2 heterocycles. The van der Waals surface area contributed by atoms with Crippen molar-refractivity contribution >= 4 is 17.6 Å². The third-order valence-electron chi connectivity index (χ3n) is 7.40. The van der Waals surface area contributed by atoms with Crippen LogP contribution in [-0.2, 0) is 9.53 Å². The van der Waals surface area contributed by atoms with E-state index in [2.05, 4.69) is 73.5 Å². The number of rotatable bonds is 9. The quantitative estimate of drug-likeness (QED) is 0.542. The van der Waals surface area contributed by atoms with E-state index in [-0.39, 0.29) is 24.5 Å². The lowest BCUT2D eigenvalue weighted by molar-refractivity contribution is -0.133. The van der Waals surface area contributed by atoms with Crippen LogP contribution >= 0.6 is 0 Å². The van der Waals surface area contributed by atoms with Crippen molar-refractivity contribution in [3.05, 3.63) is 70.3 Å². The maximum Gasteiger partial charge on any atom is 0.317 e. The first-order valence-corrected chi connectivity index (χ1v) is 13.7. The van der Waals surface area contributed by atoms with E-state index < -0.39 is 0 Å². The van der Waals surface area contributed by atoms with Gasteiger partial charge in [0.1, 0.15) is 6.54 Å². The summed E-state index contributed by atoms with van der Waals surface area (Å²) in [6.45, 7) is 13.1. The van der Waals surface area contributed by atoms with E-state index in [9.17, 15) is 9.59 Å². The molecule has 2 aromatic rings. The normalized spacial score (nSPS) is 17.8. The monoisotopic (exact) mass is 519 g/mol. The summed E-state index contributed by atoms with van der Waals surface area (Å²) in [4.78, 5) is 30.7. The van der Waals surface area contributed by atoms with Crippen LogP contribution in [0.15, 0.2) is 47.6 Å². The van der Waals surface area contributed by atoms with Crippen LogP contribution in [0.25, 0.3) is 0 Å². The fourth-order valence-electron chi connectivity index (χ4n) is 4.80. The smallest absolute Gasteiger partial charge is 0.317 e. The van der Waals surface area contributed by atoms with Gasteiger partial charge in [0.2, 0.25) is 0 Å². The second-order valence-corrected chi connectivity index (χ2v) is 10.3. The van der Waals surface area contributed by atoms with Crippen LogP contribution in [0.3, 0.4) is 0 Å². The van der Waals surface area contributed by atoms with Gasteiger partial charge in [-0.2, -0.15) is 5.10 Å². The highest BCUT2D eigenvalue weighted by atomic mass is 16.5. The lowest BCUT2D eigenvalue weighted by atomic mass is 9.96. The zero-order valence-corrected chi connectivity index (χ0v) is 23.2. The summed E-state index contributed by atoms with van der Waals surface area (Å²) in [5, 5.41) is 9.40. The molecule has 38 heavy (non-hydrogen) atoms. The Kier molecular flexibility index (Phi) is 9.53. The molecule has 8 nitrogen and oxygen atoms in total. The van der Waals surface area contributed by atoms with Crippen molar-refractivity contribution < 1.29 is 14.3 Å². The molecule has 0 spiro atoms. The van der Waals surface area contributed by atoms with Crippen molar-refractivity contribution in [2.24, 2.45) is 5.10 Å². The Labute approximate surface area is 226 Å². The fourth-order valence-corrected chi connectivity index (χ4v) is 4.80. The SMILES string of the molecule is CCCNC(=O)N(CCN1CCOCC1)CC(=O)N1N=C(c2ccc(C)c(C)c2)C[C@H]1c1ccc(C)cc1. The third-order valence-corrected chi connectivity index (χ3v) is 7.40. The molecule has 3 amide bonds. The van der Waals surface area contributed by atoms with Crippen molar-refractivity contribution in [3.63, 3.8) is 0 Å². The van der Waals surface area contributed by atoms with Gasteiger partial charge in [0.15, 0.2) is 0 Å². The Balaban J connectivity index is 1.56. The number of hydrogen-bond donors (Lipinski definition) is 1. The Bertz CT molecular complexity index is 1140. The van der Waals surface area contributed by atoms with Gasteiger partial charge in [0.05, 0.1) is 25.0 Å². The predicted molar refractivity (Wildman–Crippen MR) is 150 cm³/mol. The van der Waals surface area contributed by atoms with Crippen molar-refractivity contribution in [2.75, 3.05) is 52.5 Å². The van der Waals surface area contributed by atoms with E-state index in [0.29, 0.717) is 39.3 Å². The second-order valence-electron chi connectivity index (χ2n) is 10.3. The van der Waals surface area contributed by atoms with E-state index in [1.54, 1.807) is 9.91 Å². The molecule has 0 bridgehead atoms. The van der Waals surface area contributed by atoms with Gasteiger partial charge in [-0.05, 0) is 55.5 Å². The summed E-state index contributed by atoms with van der Waals surface area (Å²) >= 11 is 0. The molecule has 2 aliphatic heterocycles. The standard InChI is InChI=1S/C30H41N5O3/c1-5-12-31-30(37)34(14-13-33-15-17-38-18-16-33)21-29(36)35-28(25-9-6-22(2)7-10-25)20-27(32-35)26-11-8-23(3)24(4)19-26/h6-11,19,28H,5,12-18,20-21H2,1-4H3,(H,31,37)/t28-/m0/s1. The Morgan fingerprint density at radius 2 is 1.79 bits per heavy atom. The number of nitrogens with one attached hydrogen (secondary N) is 1. The van der Waals surface area contributed by atoms with E-state index in [0.717, 1.165) is 36.3 Å². The van der Waals surface area contributed by atoms with Gasteiger partial charge in [-0.3, -0.25) is 9.69 Å². The third kappa shape index (κ3) is 6.99. The number of ether oxygens (including phenoxy) is 1. The number of amides is 3. The van der Waals surface area contributed by atoms with Gasteiger partial charge in [-0.25, -0.2) is 9.80 Å². The molecule has 8 heteroatoms. The average molecular weight is 520 g/mol. The summed E-state index contributed by atoms with van der Waals surface area (Å²) in [5.41, 5.74) is 6.56. The molecule has 0 unspecified atom stereocenters. The Morgan fingerprint density at radius 1 is 1.05 bits per heavy atom. The highest BCUT2D eigenvalue weighted by Gasteiger charge is 2.34. The molecule has 4 rings (SSSR count). The van der Waals surface area contributed by atoms with Gasteiger partial charge in [-0.1, -0.05) is 48.9 Å². The topological polar surface area (TPSA) is 77.5 Å². The second kappa shape index (κ2) is 13.0. The molecule has 1 N–H and O–H groups in total. The summed E-state index contributed by atoms with van der Waals surface area (Å²) in [7, 11) is 0. The fraction of sp³-hybridized carbons (Fsp3) is 0.500. The molecule has 1 fully saturated rings. The first-order chi connectivity index (χ1) is 18.4. The first kappa shape index (κ1) is 27.8. The summed E-state index contributed by atoms with van der Waals surface area (Å²) in [6, 6.07) is 14.2. The van der Waals surface area contributed by atoms with Gasteiger partial charge < -0.3 is 15.0 Å². The number of morpholine rings is 1. The number of aryl methyl sites for hydroxylation is 3. The van der Waals surface area contributed by atoms with E-state index in [1.807, 2.05) is 6.92 Å². The largest absolute Gasteiger partial charge is 0.379 e. The molecule has 2 aromatic carbocycles. The van der Waals surface area contributed by atoms with Gasteiger partial charge in [0.25, 0.3) is 5.91 Å². The van der Waals surface area contributed by atoms with Gasteiger partial charge in [-0.15, -0.1) is 0 Å². The molecule has 0 aliphatic carbocycles. The number of hydrogen-bond acceptors (Lipinski definition) is 5. The number of carbonyl (C=O) groups excluding carboxylic acids is 2. The Hall–Kier alpha value is -3.23. The summed E-state index contributed by atoms with van der Waals surface area (Å²) < 4.78 is 5.45. The summed E-state index contributed by atoms with van der Waals surface area (Å²) in [5.74, 6) is -0.178. The van der Waals surface area contributed by atoms with Gasteiger partial charge >= 0.3 is 6.03 Å². The number of nitrogens with zero attached hydrogens (tertiary/aromatic N) is 4. The lowest BCUT2D eigenvalue weighted by Crippen LogP contribution is -2.49. The zero-order valence-electron chi connectivity index (χ0n) is 23.2. The van der Waals surface area contributed by atoms with E-state index in [1.165, 1.54) is 16.7 Å². The minimum Gasteiger partial charge on any atom is -0.379 e. The van der Waals surface area contributed by atoms with Crippen molar-refractivity contribution in [1.29, 1.82) is 0 Å². The minimum absolute atomic E-state index is 0.0219. The van der Waals surface area contributed by atoms with Gasteiger partial charge in [0, 0.05) is 39.1 Å². The number of urea groups is 1. The Morgan fingerprint density at radius 3 is 2.47 bits per heavy atom. The molecule has 0 aromatic heterocycles. The number of benzene rings is 2. The molecule has 2 aliphatic rings. The highest BCUT2D eigenvalue weighted by molar-refractivity contribution is 6.03. The first-order valence-electron chi connectivity index (χ1n) is 13.7. The van der Waals surface area contributed by atoms with Crippen LogP contribution in [-0.4, -0.2) is 84.9 Å². The minimum atomic E-state index is -0.210. The molecular formula is C30H41N5O3. The predicted octanol–water partition coefficient (Wildman–Crippen LogP) is 4.04. The van der Waals surface area contributed by atoms with Crippen LogP contribution in [0.5, 0.6) is 0 Å². The summed E-state index contributed by atoms with van der Waals surface area (Å²) in [6.07, 6.45) is 1.47. The molecule has 204 valence electrons. The highest BCUT2D eigenvalue weighted by Crippen LogP contribution is 2.33. The number of hydrazone groups is 1. The maximum absolute atomic E-state index is 13.8. The lowest BCUT2D eigenvalue weighted by Gasteiger charge is -2.31. The van der Waals surface area contributed by atoms with E-state index in [4.69, 9.17) is 9.84 Å². The van der Waals surface area contributed by atoms with E-state index >= 15 is 0 Å². The van der Waals surface area contributed by atoms with Crippen LogP contribution in [0.4, 0.5) is 4.79 Å². The molecule has 0 radical (unpaired) electrons. The van der Waals surface area contributed by atoms with Crippen molar-refractivity contribution in [2.45, 2.75) is 46.6 Å². The molecule has 0 saturated carbocycles. The van der Waals surface area contributed by atoms with Crippen molar-refractivity contribution in [3.8, 4) is 0 Å². The van der Waals surface area contributed by atoms with Crippen LogP contribution in [0, 0.1) is 20.8 Å².